The normalized spacial score (nSPS) is 15.8. The predicted octanol–water partition coefficient (Wildman–Crippen LogP) is 2.52. The van der Waals surface area contributed by atoms with E-state index in [4.69, 9.17) is 5.11 Å². The van der Waals surface area contributed by atoms with E-state index in [1.54, 1.807) is 11.8 Å². The molecule has 0 aliphatic heterocycles. The van der Waals surface area contributed by atoms with Crippen LogP contribution in [0.25, 0.3) is 0 Å². The minimum atomic E-state index is 0.267. The molecule has 0 unspecified atom stereocenters. The molecule has 1 aliphatic carbocycles. The van der Waals surface area contributed by atoms with Crippen LogP contribution in [0.1, 0.15) is 25.7 Å². The molecule has 2 rings (SSSR count). The van der Waals surface area contributed by atoms with Crippen LogP contribution in [0.2, 0.25) is 0 Å². The summed E-state index contributed by atoms with van der Waals surface area (Å²) < 4.78 is 0. The molecular formula is C12H18N2OS. The van der Waals surface area contributed by atoms with Gasteiger partial charge in [0.25, 0.3) is 0 Å². The summed E-state index contributed by atoms with van der Waals surface area (Å²) in [5.41, 5.74) is 1.15. The van der Waals surface area contributed by atoms with Crippen molar-refractivity contribution >= 4 is 17.4 Å². The molecule has 4 heteroatoms. The van der Waals surface area contributed by atoms with Crippen molar-refractivity contribution in [3.8, 4) is 0 Å². The quantitative estimate of drug-likeness (QED) is 0.590. The summed E-state index contributed by atoms with van der Waals surface area (Å²) >= 11 is 1.79. The number of aromatic nitrogens is 1. The van der Waals surface area contributed by atoms with E-state index >= 15 is 0 Å². The molecule has 2 N–H and O–H groups in total. The topological polar surface area (TPSA) is 45.2 Å². The standard InChI is InChI=1S/C12H18N2OS/c15-7-2-8-16-12-5-6-13-9-11(12)14-10-3-1-4-10/h5-6,9-10,14-15H,1-4,7-8H2. The van der Waals surface area contributed by atoms with Crippen LogP contribution >= 0.6 is 11.8 Å². The summed E-state index contributed by atoms with van der Waals surface area (Å²) in [6.45, 7) is 0.267. The fraction of sp³-hybridized carbons (Fsp3) is 0.583. The van der Waals surface area contributed by atoms with Crippen LogP contribution in [-0.2, 0) is 0 Å². The Morgan fingerprint density at radius 1 is 1.50 bits per heavy atom. The Morgan fingerprint density at radius 3 is 3.06 bits per heavy atom. The van der Waals surface area contributed by atoms with E-state index in [-0.39, 0.29) is 6.61 Å². The Kier molecular flexibility index (Phi) is 4.48. The highest BCUT2D eigenvalue weighted by atomic mass is 32.2. The van der Waals surface area contributed by atoms with E-state index in [1.807, 2.05) is 18.5 Å². The lowest BCUT2D eigenvalue weighted by molar-refractivity contribution is 0.296. The first-order valence-electron chi connectivity index (χ1n) is 5.84. The first-order chi connectivity index (χ1) is 7.90. The average Bonchev–Trinajstić information content (AvgIpc) is 2.25. The predicted molar refractivity (Wildman–Crippen MR) is 67.9 cm³/mol. The lowest BCUT2D eigenvalue weighted by Crippen LogP contribution is -2.27. The summed E-state index contributed by atoms with van der Waals surface area (Å²) in [5.74, 6) is 0.958. The van der Waals surface area contributed by atoms with Gasteiger partial charge in [-0.1, -0.05) is 0 Å². The fourth-order valence-corrected chi connectivity index (χ4v) is 2.55. The van der Waals surface area contributed by atoms with Crippen molar-refractivity contribution in [2.45, 2.75) is 36.6 Å². The maximum Gasteiger partial charge on any atom is 0.0666 e. The summed E-state index contributed by atoms with van der Waals surface area (Å²) in [6, 6.07) is 2.68. The minimum absolute atomic E-state index is 0.267. The number of pyridine rings is 1. The van der Waals surface area contributed by atoms with Crippen LogP contribution in [0.15, 0.2) is 23.4 Å². The number of hydrogen-bond donors (Lipinski definition) is 2. The molecule has 0 bridgehead atoms. The summed E-state index contributed by atoms with van der Waals surface area (Å²) in [7, 11) is 0. The molecule has 1 saturated carbocycles. The number of thioether (sulfide) groups is 1. The zero-order valence-electron chi connectivity index (χ0n) is 9.35. The third-order valence-corrected chi connectivity index (χ3v) is 3.97. The van der Waals surface area contributed by atoms with Gasteiger partial charge in [0.15, 0.2) is 0 Å². The molecule has 0 atom stereocenters. The Balaban J connectivity index is 1.92. The van der Waals surface area contributed by atoms with Crippen molar-refractivity contribution in [1.29, 1.82) is 0 Å². The minimum Gasteiger partial charge on any atom is -0.396 e. The molecule has 1 aromatic rings. The molecule has 0 radical (unpaired) electrons. The van der Waals surface area contributed by atoms with Crippen molar-refractivity contribution in [1.82, 2.24) is 4.98 Å². The monoisotopic (exact) mass is 238 g/mol. The molecule has 88 valence electrons. The molecule has 0 amide bonds. The largest absolute Gasteiger partial charge is 0.396 e. The van der Waals surface area contributed by atoms with Gasteiger partial charge in [-0.25, -0.2) is 0 Å². The van der Waals surface area contributed by atoms with Crippen molar-refractivity contribution in [2.24, 2.45) is 0 Å². The van der Waals surface area contributed by atoms with Gasteiger partial charge in [0.1, 0.15) is 0 Å². The van der Waals surface area contributed by atoms with Gasteiger partial charge in [-0.3, -0.25) is 4.98 Å². The van der Waals surface area contributed by atoms with Gasteiger partial charge in [0.05, 0.1) is 11.9 Å². The molecule has 0 aromatic carbocycles. The van der Waals surface area contributed by atoms with E-state index in [0.717, 1.165) is 17.9 Å². The Morgan fingerprint density at radius 2 is 2.38 bits per heavy atom. The average molecular weight is 238 g/mol. The molecule has 0 saturated heterocycles. The second-order valence-corrected chi connectivity index (χ2v) is 5.21. The molecule has 1 aliphatic rings. The maximum absolute atomic E-state index is 8.76. The van der Waals surface area contributed by atoms with Crippen LogP contribution in [0.4, 0.5) is 5.69 Å². The molecule has 1 aromatic heterocycles. The zero-order valence-corrected chi connectivity index (χ0v) is 10.2. The third kappa shape index (κ3) is 3.12. The number of nitrogens with one attached hydrogen (secondary N) is 1. The fourth-order valence-electron chi connectivity index (χ4n) is 1.64. The highest BCUT2D eigenvalue weighted by Crippen LogP contribution is 2.30. The van der Waals surface area contributed by atoms with Crippen LogP contribution < -0.4 is 5.32 Å². The van der Waals surface area contributed by atoms with Gasteiger partial charge >= 0.3 is 0 Å². The Bertz CT molecular complexity index is 329. The second kappa shape index (κ2) is 6.11. The molecule has 16 heavy (non-hydrogen) atoms. The lowest BCUT2D eigenvalue weighted by atomic mass is 9.93. The molecule has 3 nitrogen and oxygen atoms in total. The van der Waals surface area contributed by atoms with Gasteiger partial charge < -0.3 is 10.4 Å². The SMILES string of the molecule is OCCCSc1ccncc1NC1CCC1. The molecular weight excluding hydrogens is 220 g/mol. The van der Waals surface area contributed by atoms with Crippen molar-refractivity contribution in [3.05, 3.63) is 18.5 Å². The van der Waals surface area contributed by atoms with Gasteiger partial charge in [-0.15, -0.1) is 11.8 Å². The second-order valence-electron chi connectivity index (χ2n) is 4.07. The number of nitrogens with zero attached hydrogens (tertiary/aromatic N) is 1. The number of hydrogen-bond acceptors (Lipinski definition) is 4. The first-order valence-corrected chi connectivity index (χ1v) is 6.83. The van der Waals surface area contributed by atoms with E-state index in [0.29, 0.717) is 6.04 Å². The lowest BCUT2D eigenvalue weighted by Gasteiger charge is -2.28. The van der Waals surface area contributed by atoms with Gasteiger partial charge in [-0.05, 0) is 31.7 Å². The number of aliphatic hydroxyl groups is 1. The Labute approximate surface area is 101 Å². The highest BCUT2D eigenvalue weighted by Gasteiger charge is 2.18. The van der Waals surface area contributed by atoms with E-state index in [2.05, 4.69) is 10.3 Å². The zero-order chi connectivity index (χ0) is 11.2. The summed E-state index contributed by atoms with van der Waals surface area (Å²) in [5, 5.41) is 12.3. The van der Waals surface area contributed by atoms with Crippen LogP contribution in [0.5, 0.6) is 0 Å². The van der Waals surface area contributed by atoms with Crippen molar-refractivity contribution < 1.29 is 5.11 Å². The van der Waals surface area contributed by atoms with Crippen molar-refractivity contribution in [3.63, 3.8) is 0 Å². The molecule has 1 heterocycles. The maximum atomic E-state index is 8.76. The van der Waals surface area contributed by atoms with Crippen molar-refractivity contribution in [2.75, 3.05) is 17.7 Å². The van der Waals surface area contributed by atoms with Gasteiger partial charge in [-0.2, -0.15) is 0 Å². The highest BCUT2D eigenvalue weighted by molar-refractivity contribution is 7.99. The number of aliphatic hydroxyl groups excluding tert-OH is 1. The number of rotatable bonds is 6. The summed E-state index contributed by atoms with van der Waals surface area (Å²) in [6.07, 6.45) is 8.46. The Hall–Kier alpha value is -0.740. The smallest absolute Gasteiger partial charge is 0.0666 e. The van der Waals surface area contributed by atoms with Crippen LogP contribution in [0, 0.1) is 0 Å². The van der Waals surface area contributed by atoms with Crippen LogP contribution in [0.3, 0.4) is 0 Å². The first kappa shape index (κ1) is 11.7. The van der Waals surface area contributed by atoms with E-state index in [9.17, 15) is 0 Å². The van der Waals surface area contributed by atoms with Crippen LogP contribution in [-0.4, -0.2) is 28.5 Å². The van der Waals surface area contributed by atoms with E-state index < -0.39 is 0 Å². The van der Waals surface area contributed by atoms with Gasteiger partial charge in [0, 0.05) is 29.5 Å². The van der Waals surface area contributed by atoms with Gasteiger partial charge in [0.2, 0.25) is 0 Å². The third-order valence-electron chi connectivity index (χ3n) is 2.81. The molecule has 1 fully saturated rings. The molecule has 0 spiro atoms. The number of anilines is 1. The summed E-state index contributed by atoms with van der Waals surface area (Å²) in [4.78, 5) is 5.41. The van der Waals surface area contributed by atoms with E-state index in [1.165, 1.54) is 24.2 Å².